The van der Waals surface area contributed by atoms with E-state index in [0.717, 1.165) is 16.4 Å². The van der Waals surface area contributed by atoms with Gasteiger partial charge in [-0.3, -0.25) is 4.79 Å². The third-order valence-electron chi connectivity index (χ3n) is 3.36. The average molecular weight is 378 g/mol. The Labute approximate surface area is 127 Å². The van der Waals surface area contributed by atoms with Crippen molar-refractivity contribution >= 4 is 40.1 Å². The van der Waals surface area contributed by atoms with E-state index in [2.05, 4.69) is 27.9 Å². The maximum Gasteiger partial charge on any atom is 0.252 e. The van der Waals surface area contributed by atoms with Gasteiger partial charge in [-0.05, 0) is 53.6 Å². The third-order valence-corrected chi connectivity index (χ3v) is 4.54. The standard InChI is InChI=1S/C14H17ClINO/c15-10-7-8-13(16)12(9-10)14(18)17-11-5-3-1-2-4-6-11/h7-9,11H,1-6H2,(H,17,18). The molecule has 0 radical (unpaired) electrons. The van der Waals surface area contributed by atoms with Gasteiger partial charge in [0.25, 0.3) is 5.91 Å². The SMILES string of the molecule is O=C(NC1CCCCCC1)c1cc(Cl)ccc1I. The first-order valence-corrected chi connectivity index (χ1v) is 7.88. The summed E-state index contributed by atoms with van der Waals surface area (Å²) in [6.45, 7) is 0. The van der Waals surface area contributed by atoms with Crippen molar-refractivity contribution in [1.82, 2.24) is 5.32 Å². The van der Waals surface area contributed by atoms with E-state index in [9.17, 15) is 4.79 Å². The fourth-order valence-corrected chi connectivity index (χ4v) is 3.11. The summed E-state index contributed by atoms with van der Waals surface area (Å²) in [4.78, 5) is 12.2. The van der Waals surface area contributed by atoms with E-state index < -0.39 is 0 Å². The normalized spacial score (nSPS) is 17.2. The van der Waals surface area contributed by atoms with Crippen LogP contribution in [0.2, 0.25) is 5.02 Å². The number of rotatable bonds is 2. The van der Waals surface area contributed by atoms with Crippen molar-refractivity contribution in [3.63, 3.8) is 0 Å². The molecule has 0 saturated heterocycles. The first-order valence-electron chi connectivity index (χ1n) is 6.43. The Balaban J connectivity index is 2.04. The number of halogens is 2. The molecule has 1 aromatic rings. The van der Waals surface area contributed by atoms with Crippen molar-refractivity contribution in [2.24, 2.45) is 0 Å². The number of nitrogens with one attached hydrogen (secondary N) is 1. The monoisotopic (exact) mass is 377 g/mol. The molecule has 1 N–H and O–H groups in total. The Morgan fingerprint density at radius 1 is 1.22 bits per heavy atom. The van der Waals surface area contributed by atoms with E-state index in [1.807, 2.05) is 12.1 Å². The number of carbonyl (C=O) groups excluding carboxylic acids is 1. The second-order valence-corrected chi connectivity index (χ2v) is 6.38. The van der Waals surface area contributed by atoms with Crippen LogP contribution >= 0.6 is 34.2 Å². The fraction of sp³-hybridized carbons (Fsp3) is 0.500. The van der Waals surface area contributed by atoms with Crippen LogP contribution in [0, 0.1) is 3.57 Å². The van der Waals surface area contributed by atoms with E-state index in [0.29, 0.717) is 16.6 Å². The topological polar surface area (TPSA) is 29.1 Å². The number of hydrogen-bond acceptors (Lipinski definition) is 1. The van der Waals surface area contributed by atoms with Crippen LogP contribution in [-0.4, -0.2) is 11.9 Å². The van der Waals surface area contributed by atoms with Crippen LogP contribution in [-0.2, 0) is 0 Å². The van der Waals surface area contributed by atoms with Gasteiger partial charge in [-0.1, -0.05) is 37.3 Å². The maximum atomic E-state index is 12.2. The Hall–Kier alpha value is -0.290. The van der Waals surface area contributed by atoms with E-state index in [-0.39, 0.29) is 5.91 Å². The van der Waals surface area contributed by atoms with Crippen molar-refractivity contribution in [3.8, 4) is 0 Å². The summed E-state index contributed by atoms with van der Waals surface area (Å²) in [5.74, 6) is 0.00815. The lowest BCUT2D eigenvalue weighted by Gasteiger charge is -2.16. The quantitative estimate of drug-likeness (QED) is 0.601. The summed E-state index contributed by atoms with van der Waals surface area (Å²) < 4.78 is 0.947. The molecule has 1 aromatic carbocycles. The number of carbonyl (C=O) groups is 1. The van der Waals surface area contributed by atoms with Gasteiger partial charge in [-0.2, -0.15) is 0 Å². The molecule has 1 aliphatic rings. The highest BCUT2D eigenvalue weighted by Gasteiger charge is 2.17. The predicted molar refractivity (Wildman–Crippen MR) is 83.1 cm³/mol. The van der Waals surface area contributed by atoms with Crippen molar-refractivity contribution < 1.29 is 4.79 Å². The molecule has 1 saturated carbocycles. The highest BCUT2D eigenvalue weighted by atomic mass is 127. The van der Waals surface area contributed by atoms with Crippen molar-refractivity contribution in [2.75, 3.05) is 0 Å². The van der Waals surface area contributed by atoms with E-state index in [1.165, 1.54) is 25.7 Å². The van der Waals surface area contributed by atoms with Crippen molar-refractivity contribution in [2.45, 2.75) is 44.6 Å². The number of amides is 1. The second kappa shape index (κ2) is 6.75. The number of hydrogen-bond donors (Lipinski definition) is 1. The first kappa shape index (κ1) is 14.1. The average Bonchev–Trinajstić information content (AvgIpc) is 2.61. The molecule has 0 atom stereocenters. The van der Waals surface area contributed by atoms with Crippen LogP contribution in [0.3, 0.4) is 0 Å². The first-order chi connectivity index (χ1) is 8.66. The molecule has 18 heavy (non-hydrogen) atoms. The lowest BCUT2D eigenvalue weighted by atomic mass is 10.1. The molecule has 0 heterocycles. The lowest BCUT2D eigenvalue weighted by molar-refractivity contribution is 0.0932. The molecule has 1 amide bonds. The third kappa shape index (κ3) is 3.85. The molecule has 2 nitrogen and oxygen atoms in total. The van der Waals surface area contributed by atoms with E-state index in [1.54, 1.807) is 6.07 Å². The zero-order chi connectivity index (χ0) is 13.0. The molecule has 4 heteroatoms. The van der Waals surface area contributed by atoms with Gasteiger partial charge in [-0.15, -0.1) is 0 Å². The van der Waals surface area contributed by atoms with Crippen molar-refractivity contribution in [1.29, 1.82) is 0 Å². The van der Waals surface area contributed by atoms with Crippen LogP contribution in [0.4, 0.5) is 0 Å². The van der Waals surface area contributed by atoms with Gasteiger partial charge in [0.15, 0.2) is 0 Å². The summed E-state index contributed by atoms with van der Waals surface area (Å²) in [5.41, 5.74) is 0.687. The zero-order valence-electron chi connectivity index (χ0n) is 10.2. The molecule has 0 aliphatic heterocycles. The Morgan fingerprint density at radius 3 is 2.56 bits per heavy atom. The molecule has 0 unspecified atom stereocenters. The molecule has 1 fully saturated rings. The summed E-state index contributed by atoms with van der Waals surface area (Å²) in [6, 6.07) is 5.77. The van der Waals surface area contributed by atoms with Crippen LogP contribution in [0.1, 0.15) is 48.9 Å². The minimum atomic E-state index is 0.00815. The Morgan fingerprint density at radius 2 is 1.89 bits per heavy atom. The molecule has 2 rings (SSSR count). The van der Waals surface area contributed by atoms with E-state index in [4.69, 9.17) is 11.6 Å². The molecule has 0 bridgehead atoms. The molecular formula is C14H17ClINO. The predicted octanol–water partition coefficient (Wildman–Crippen LogP) is 4.40. The lowest BCUT2D eigenvalue weighted by Crippen LogP contribution is -2.34. The minimum absolute atomic E-state index is 0.00815. The molecular weight excluding hydrogens is 361 g/mol. The fourth-order valence-electron chi connectivity index (χ4n) is 2.36. The van der Waals surface area contributed by atoms with Gasteiger partial charge in [-0.25, -0.2) is 0 Å². The smallest absolute Gasteiger partial charge is 0.252 e. The van der Waals surface area contributed by atoms with Crippen LogP contribution in [0.15, 0.2) is 18.2 Å². The second-order valence-electron chi connectivity index (χ2n) is 4.79. The van der Waals surface area contributed by atoms with Gasteiger partial charge in [0.05, 0.1) is 5.56 Å². The molecule has 0 spiro atoms. The van der Waals surface area contributed by atoms with Gasteiger partial charge >= 0.3 is 0 Å². The van der Waals surface area contributed by atoms with Crippen LogP contribution < -0.4 is 5.32 Å². The molecule has 0 aromatic heterocycles. The summed E-state index contributed by atoms with van der Waals surface area (Å²) in [7, 11) is 0. The van der Waals surface area contributed by atoms with Crippen LogP contribution in [0.25, 0.3) is 0 Å². The molecule has 98 valence electrons. The van der Waals surface area contributed by atoms with Crippen molar-refractivity contribution in [3.05, 3.63) is 32.4 Å². The van der Waals surface area contributed by atoms with Gasteiger partial charge in [0.2, 0.25) is 0 Å². The highest BCUT2D eigenvalue weighted by Crippen LogP contribution is 2.20. The number of benzene rings is 1. The summed E-state index contributed by atoms with van der Waals surface area (Å²) in [5, 5.41) is 3.75. The zero-order valence-corrected chi connectivity index (χ0v) is 13.1. The van der Waals surface area contributed by atoms with Crippen LogP contribution in [0.5, 0.6) is 0 Å². The molecule has 1 aliphatic carbocycles. The minimum Gasteiger partial charge on any atom is -0.349 e. The Bertz CT molecular complexity index is 428. The summed E-state index contributed by atoms with van der Waals surface area (Å²) in [6.07, 6.45) is 7.23. The Kier molecular flexibility index (Phi) is 5.30. The largest absolute Gasteiger partial charge is 0.349 e. The van der Waals surface area contributed by atoms with Gasteiger partial charge in [0, 0.05) is 14.6 Å². The van der Waals surface area contributed by atoms with Gasteiger partial charge < -0.3 is 5.32 Å². The maximum absolute atomic E-state index is 12.2. The highest BCUT2D eigenvalue weighted by molar-refractivity contribution is 14.1. The summed E-state index contributed by atoms with van der Waals surface area (Å²) >= 11 is 8.12. The van der Waals surface area contributed by atoms with E-state index >= 15 is 0 Å². The van der Waals surface area contributed by atoms with Gasteiger partial charge in [0.1, 0.15) is 0 Å².